The van der Waals surface area contributed by atoms with E-state index in [1.165, 1.54) is 6.33 Å². The van der Waals surface area contributed by atoms with Crippen molar-refractivity contribution in [2.75, 3.05) is 40.8 Å². The van der Waals surface area contributed by atoms with E-state index in [1.807, 2.05) is 36.2 Å². The molecule has 0 saturated carbocycles. The van der Waals surface area contributed by atoms with Crippen LogP contribution in [0.3, 0.4) is 0 Å². The lowest BCUT2D eigenvalue weighted by Crippen LogP contribution is -2.51. The summed E-state index contributed by atoms with van der Waals surface area (Å²) < 4.78 is 7.29. The smallest absolute Gasteiger partial charge is 0.236 e. The first-order valence-corrected chi connectivity index (χ1v) is 11.2. The maximum absolute atomic E-state index is 12.3. The van der Waals surface area contributed by atoms with Crippen LogP contribution in [0.5, 0.6) is 5.75 Å². The first kappa shape index (κ1) is 21.4. The van der Waals surface area contributed by atoms with Gasteiger partial charge in [-0.3, -0.25) is 9.78 Å². The summed E-state index contributed by atoms with van der Waals surface area (Å²) in [6.45, 7) is 6.24. The summed E-state index contributed by atoms with van der Waals surface area (Å²) in [7, 11) is 5.47. The highest BCUT2D eigenvalue weighted by molar-refractivity contribution is 5.89. The van der Waals surface area contributed by atoms with Gasteiger partial charge in [0, 0.05) is 42.0 Å². The highest BCUT2D eigenvalue weighted by Crippen LogP contribution is 2.37. The Labute approximate surface area is 192 Å². The summed E-state index contributed by atoms with van der Waals surface area (Å²) in [5, 5.41) is 4.30. The predicted octanol–water partition coefficient (Wildman–Crippen LogP) is 2.89. The molecule has 1 aliphatic rings. The first-order chi connectivity index (χ1) is 15.9. The second-order valence-corrected chi connectivity index (χ2v) is 9.26. The number of carbonyl (C=O) groups is 1. The zero-order valence-corrected chi connectivity index (χ0v) is 19.7. The van der Waals surface area contributed by atoms with Crippen LogP contribution in [0.4, 0.5) is 0 Å². The van der Waals surface area contributed by atoms with Gasteiger partial charge in [0.05, 0.1) is 30.4 Å². The number of nitrogens with zero attached hydrogens (tertiary/aromatic N) is 6. The van der Waals surface area contributed by atoms with E-state index < -0.39 is 0 Å². The third-order valence-electron chi connectivity index (χ3n) is 6.23. The fraction of sp³-hybridized carbons (Fsp3) is 0.417. The van der Waals surface area contributed by atoms with Gasteiger partial charge in [-0.25, -0.2) is 9.50 Å². The summed E-state index contributed by atoms with van der Waals surface area (Å²) in [5.41, 5.74) is 6.83. The molecule has 9 nitrogen and oxygen atoms in total. The molecule has 9 heteroatoms. The van der Waals surface area contributed by atoms with E-state index in [-0.39, 0.29) is 17.7 Å². The number of aromatic nitrogens is 5. The van der Waals surface area contributed by atoms with Crippen LogP contribution >= 0.6 is 0 Å². The number of fused-ring (bicyclic) bond motifs is 2. The van der Waals surface area contributed by atoms with Gasteiger partial charge >= 0.3 is 0 Å². The average molecular weight is 448 g/mol. The second-order valence-electron chi connectivity index (χ2n) is 9.26. The fourth-order valence-electron chi connectivity index (χ4n) is 4.54. The maximum Gasteiger partial charge on any atom is 0.236 e. The van der Waals surface area contributed by atoms with Crippen LogP contribution in [0.1, 0.15) is 36.9 Å². The number of rotatable bonds is 6. The van der Waals surface area contributed by atoms with Crippen LogP contribution in [-0.2, 0) is 4.79 Å². The van der Waals surface area contributed by atoms with E-state index in [1.54, 1.807) is 11.6 Å². The highest BCUT2D eigenvalue weighted by atomic mass is 16.5. The van der Waals surface area contributed by atoms with Crippen molar-refractivity contribution in [3.8, 4) is 17.0 Å². The molecule has 0 radical (unpaired) electrons. The number of H-pyrrole nitrogens is 1. The van der Waals surface area contributed by atoms with E-state index in [0.29, 0.717) is 17.9 Å². The van der Waals surface area contributed by atoms with Crippen LogP contribution in [0.15, 0.2) is 30.7 Å². The number of ether oxygens (including phenoxy) is 1. The quantitative estimate of drug-likeness (QED) is 0.489. The Morgan fingerprint density at radius 2 is 2.09 bits per heavy atom. The summed E-state index contributed by atoms with van der Waals surface area (Å²) in [6, 6.07) is 6.16. The number of hydrogen-bond donors (Lipinski definition) is 1. The van der Waals surface area contributed by atoms with E-state index in [2.05, 4.69) is 41.0 Å². The number of aromatic amines is 1. The molecule has 5 rings (SSSR count). The molecule has 0 atom stereocenters. The number of nitrogens with one attached hydrogen (secondary N) is 1. The minimum absolute atomic E-state index is 0.168. The van der Waals surface area contributed by atoms with Crippen LogP contribution in [0, 0.1) is 0 Å². The van der Waals surface area contributed by atoms with Crippen molar-refractivity contribution in [1.29, 1.82) is 0 Å². The highest BCUT2D eigenvalue weighted by Gasteiger charge is 2.33. The predicted molar refractivity (Wildman–Crippen MR) is 127 cm³/mol. The van der Waals surface area contributed by atoms with E-state index in [9.17, 15) is 4.79 Å². The number of hydrogen-bond acceptors (Lipinski definition) is 6. The van der Waals surface area contributed by atoms with E-state index in [4.69, 9.17) is 9.72 Å². The van der Waals surface area contributed by atoms with E-state index in [0.717, 1.165) is 46.6 Å². The summed E-state index contributed by atoms with van der Waals surface area (Å²) in [6.07, 6.45) is 3.48. The Hall–Kier alpha value is -3.46. The lowest BCUT2D eigenvalue weighted by molar-refractivity contribution is -0.136. The molecule has 4 aromatic rings. The fourth-order valence-corrected chi connectivity index (χ4v) is 4.54. The lowest BCUT2D eigenvalue weighted by Gasteiger charge is -2.39. The number of amides is 1. The van der Waals surface area contributed by atoms with Gasteiger partial charge in [-0.05, 0) is 38.2 Å². The Balaban J connectivity index is 1.51. The molecular formula is C24H29N7O2. The summed E-state index contributed by atoms with van der Waals surface area (Å²) in [4.78, 5) is 29.0. The average Bonchev–Trinajstić information content (AvgIpc) is 3.35. The number of pyridine rings is 2. The lowest BCUT2D eigenvalue weighted by atomic mass is 9.94. The SMILES string of the molecule is COc1cc(-c2[nH]c3ccc(C4CN(C(=O)CN(C)C)C4)nc3c2C(C)C)cn2ncnc12. The van der Waals surface area contributed by atoms with Crippen LogP contribution < -0.4 is 4.74 Å². The summed E-state index contributed by atoms with van der Waals surface area (Å²) >= 11 is 0. The van der Waals surface area contributed by atoms with Crippen molar-refractivity contribution < 1.29 is 9.53 Å². The molecule has 1 N–H and O–H groups in total. The van der Waals surface area contributed by atoms with Gasteiger partial charge in [-0.15, -0.1) is 0 Å². The molecule has 5 heterocycles. The van der Waals surface area contributed by atoms with Crippen LogP contribution in [0.2, 0.25) is 0 Å². The largest absolute Gasteiger partial charge is 0.493 e. The third-order valence-corrected chi connectivity index (χ3v) is 6.23. The molecule has 4 aromatic heterocycles. The minimum atomic E-state index is 0.168. The molecule has 0 unspecified atom stereocenters. The van der Waals surface area contributed by atoms with Gasteiger partial charge in [-0.1, -0.05) is 13.8 Å². The van der Waals surface area contributed by atoms with Crippen molar-refractivity contribution in [1.82, 2.24) is 34.4 Å². The molecule has 0 aromatic carbocycles. The van der Waals surface area contributed by atoms with E-state index >= 15 is 0 Å². The zero-order valence-electron chi connectivity index (χ0n) is 19.7. The van der Waals surface area contributed by atoms with Crippen molar-refractivity contribution in [3.63, 3.8) is 0 Å². The zero-order chi connectivity index (χ0) is 23.3. The van der Waals surface area contributed by atoms with Gasteiger partial charge < -0.3 is 19.5 Å². The molecular weight excluding hydrogens is 418 g/mol. The Kier molecular flexibility index (Phi) is 5.28. The topological polar surface area (TPSA) is 91.7 Å². The molecule has 0 aliphatic carbocycles. The molecule has 33 heavy (non-hydrogen) atoms. The molecule has 1 saturated heterocycles. The standard InChI is InChI=1S/C24H29N7O2/c1-14(2)21-22(15-8-19(33-5)24-25-13-26-31(24)11-15)28-18-7-6-17(27-23(18)21)16-9-30(10-16)20(32)12-29(3)4/h6-8,11,13-14,16,28H,9-10,12H2,1-5H3. The number of likely N-dealkylation sites (N-methyl/N-ethyl adjacent to an activating group) is 1. The van der Waals surface area contributed by atoms with Crippen LogP contribution in [-0.4, -0.2) is 81.1 Å². The van der Waals surface area contributed by atoms with Crippen LogP contribution in [0.25, 0.3) is 27.9 Å². The maximum atomic E-state index is 12.3. The van der Waals surface area contributed by atoms with Crippen molar-refractivity contribution in [3.05, 3.63) is 42.0 Å². The van der Waals surface area contributed by atoms with Gasteiger partial charge in [0.2, 0.25) is 5.91 Å². The number of methoxy groups -OCH3 is 1. The van der Waals surface area contributed by atoms with Gasteiger partial charge in [0.15, 0.2) is 11.4 Å². The van der Waals surface area contributed by atoms with Gasteiger partial charge in [-0.2, -0.15) is 5.10 Å². The molecule has 0 spiro atoms. The monoisotopic (exact) mass is 447 g/mol. The van der Waals surface area contributed by atoms with Crippen molar-refractivity contribution in [2.45, 2.75) is 25.7 Å². The Morgan fingerprint density at radius 3 is 2.79 bits per heavy atom. The van der Waals surface area contributed by atoms with Gasteiger partial charge in [0.1, 0.15) is 6.33 Å². The van der Waals surface area contributed by atoms with Crippen molar-refractivity contribution >= 4 is 22.6 Å². The molecule has 0 bridgehead atoms. The second kappa shape index (κ2) is 8.15. The minimum Gasteiger partial charge on any atom is -0.493 e. The van der Waals surface area contributed by atoms with Crippen molar-refractivity contribution in [2.24, 2.45) is 0 Å². The molecule has 1 aliphatic heterocycles. The Bertz CT molecular complexity index is 1330. The first-order valence-electron chi connectivity index (χ1n) is 11.2. The Morgan fingerprint density at radius 1 is 1.30 bits per heavy atom. The summed E-state index contributed by atoms with van der Waals surface area (Å²) in [5.74, 6) is 1.37. The molecule has 1 fully saturated rings. The number of carbonyl (C=O) groups excluding carboxylic acids is 1. The molecule has 1 amide bonds. The number of likely N-dealkylation sites (tertiary alicyclic amines) is 1. The van der Waals surface area contributed by atoms with Gasteiger partial charge in [0.25, 0.3) is 0 Å². The third kappa shape index (κ3) is 3.72. The normalized spacial score (nSPS) is 14.6. The molecule has 172 valence electrons.